The Morgan fingerprint density at radius 3 is 2.41 bits per heavy atom. The van der Waals surface area contributed by atoms with Gasteiger partial charge in [-0.1, -0.05) is 13.0 Å². The van der Waals surface area contributed by atoms with Crippen molar-refractivity contribution in [3.63, 3.8) is 0 Å². The van der Waals surface area contributed by atoms with Crippen LogP contribution >= 0.6 is 0 Å². The number of carbonyl (C=O) groups excluding carboxylic acids is 2. The second-order valence-electron chi connectivity index (χ2n) is 3.54. The van der Waals surface area contributed by atoms with Gasteiger partial charge in [-0.2, -0.15) is 0 Å². The van der Waals surface area contributed by atoms with Gasteiger partial charge in [-0.15, -0.1) is 0 Å². The van der Waals surface area contributed by atoms with Crippen LogP contribution < -0.4 is 10.6 Å². The van der Waals surface area contributed by atoms with Crippen LogP contribution in [0.4, 0.5) is 10.5 Å². The van der Waals surface area contributed by atoms with Crippen LogP contribution in [0.3, 0.4) is 0 Å². The zero-order chi connectivity index (χ0) is 12.7. The van der Waals surface area contributed by atoms with E-state index in [1.54, 1.807) is 30.5 Å². The summed E-state index contributed by atoms with van der Waals surface area (Å²) in [5.41, 5.74) is 1.28. The summed E-state index contributed by atoms with van der Waals surface area (Å²) in [5.74, 6) is 0.00637. The molecule has 1 rings (SSSR count). The van der Waals surface area contributed by atoms with Crippen LogP contribution in [0.25, 0.3) is 0 Å². The molecule has 2 N–H and O–H groups in total. The van der Waals surface area contributed by atoms with E-state index in [2.05, 4.69) is 10.6 Å². The first kappa shape index (κ1) is 13.0. The highest BCUT2D eigenvalue weighted by Gasteiger charge is 2.01. The summed E-state index contributed by atoms with van der Waals surface area (Å²) in [4.78, 5) is 22.4. The maximum absolute atomic E-state index is 11.4. The van der Waals surface area contributed by atoms with Crippen molar-refractivity contribution in [2.45, 2.75) is 20.3 Å². The minimum Gasteiger partial charge on any atom is -0.315 e. The summed E-state index contributed by atoms with van der Waals surface area (Å²) in [6, 6.07) is 6.45. The number of nitrogens with one attached hydrogen (secondary N) is 2. The van der Waals surface area contributed by atoms with Gasteiger partial charge >= 0.3 is 6.03 Å². The number of benzene rings is 1. The number of amides is 2. The molecule has 0 aliphatic heterocycles. The van der Waals surface area contributed by atoms with E-state index >= 15 is 0 Å². The van der Waals surface area contributed by atoms with Crippen LogP contribution in [0.1, 0.15) is 30.6 Å². The lowest BCUT2D eigenvalue weighted by atomic mass is 10.1. The predicted octanol–water partition coefficient (Wildman–Crippen LogP) is 2.93. The summed E-state index contributed by atoms with van der Waals surface area (Å²) in [6.07, 6.45) is 4.31. The number of ketones is 1. The lowest BCUT2D eigenvalue weighted by molar-refractivity contribution is 0.101. The van der Waals surface area contributed by atoms with Crippen molar-refractivity contribution in [2.24, 2.45) is 0 Å². The number of rotatable bonds is 4. The molecule has 0 radical (unpaired) electrons. The van der Waals surface area contributed by atoms with Gasteiger partial charge in [0.2, 0.25) is 0 Å². The van der Waals surface area contributed by atoms with E-state index in [1.807, 2.05) is 13.0 Å². The Morgan fingerprint density at radius 1 is 1.24 bits per heavy atom. The van der Waals surface area contributed by atoms with E-state index in [0.29, 0.717) is 11.3 Å². The van der Waals surface area contributed by atoms with E-state index in [4.69, 9.17) is 0 Å². The van der Waals surface area contributed by atoms with Crippen molar-refractivity contribution in [1.82, 2.24) is 5.32 Å². The number of urea groups is 1. The molecule has 0 heterocycles. The fraction of sp³-hybridized carbons (Fsp3) is 0.231. The summed E-state index contributed by atoms with van der Waals surface area (Å²) in [6.45, 7) is 3.49. The van der Waals surface area contributed by atoms with Crippen LogP contribution in [-0.2, 0) is 0 Å². The molecule has 0 aliphatic rings. The maximum Gasteiger partial charge on any atom is 0.323 e. The predicted molar refractivity (Wildman–Crippen MR) is 68.0 cm³/mol. The van der Waals surface area contributed by atoms with Crippen molar-refractivity contribution in [3.8, 4) is 0 Å². The normalized spacial score (nSPS) is 10.2. The molecule has 4 heteroatoms. The third kappa shape index (κ3) is 4.51. The van der Waals surface area contributed by atoms with Gasteiger partial charge in [0.15, 0.2) is 5.78 Å². The Bertz CT molecular complexity index is 422. The van der Waals surface area contributed by atoms with Gasteiger partial charge < -0.3 is 10.6 Å². The molecule has 1 aromatic rings. The number of carbonyl (C=O) groups is 2. The fourth-order valence-corrected chi connectivity index (χ4v) is 1.21. The molecule has 0 spiro atoms. The second-order valence-corrected chi connectivity index (χ2v) is 3.54. The van der Waals surface area contributed by atoms with Gasteiger partial charge in [-0.3, -0.25) is 4.79 Å². The Kier molecular flexibility index (Phi) is 4.94. The average molecular weight is 232 g/mol. The minimum atomic E-state index is -0.301. The monoisotopic (exact) mass is 232 g/mol. The van der Waals surface area contributed by atoms with Crippen LogP contribution in [-0.4, -0.2) is 11.8 Å². The summed E-state index contributed by atoms with van der Waals surface area (Å²) in [7, 11) is 0. The highest BCUT2D eigenvalue weighted by molar-refractivity contribution is 5.95. The Labute approximate surface area is 101 Å². The summed E-state index contributed by atoms with van der Waals surface area (Å²) >= 11 is 0. The highest BCUT2D eigenvalue weighted by Crippen LogP contribution is 2.09. The van der Waals surface area contributed by atoms with Crippen molar-refractivity contribution < 1.29 is 9.59 Å². The Balaban J connectivity index is 2.54. The first-order chi connectivity index (χ1) is 8.13. The smallest absolute Gasteiger partial charge is 0.315 e. The quantitative estimate of drug-likeness (QED) is 0.784. The molecule has 0 atom stereocenters. The van der Waals surface area contributed by atoms with Crippen molar-refractivity contribution in [1.29, 1.82) is 0 Å². The molecule has 17 heavy (non-hydrogen) atoms. The molecule has 0 saturated carbocycles. The molecular formula is C13H16N2O2. The topological polar surface area (TPSA) is 58.2 Å². The average Bonchev–Trinajstić information content (AvgIpc) is 2.30. The van der Waals surface area contributed by atoms with Gasteiger partial charge in [-0.05, 0) is 37.6 Å². The summed E-state index contributed by atoms with van der Waals surface area (Å²) < 4.78 is 0. The zero-order valence-corrected chi connectivity index (χ0v) is 9.99. The number of allylic oxidation sites excluding steroid dienone is 1. The van der Waals surface area contributed by atoms with E-state index < -0.39 is 0 Å². The molecule has 0 unspecified atom stereocenters. The van der Waals surface area contributed by atoms with Crippen LogP contribution in [0.5, 0.6) is 0 Å². The van der Waals surface area contributed by atoms with Crippen LogP contribution in [0, 0.1) is 0 Å². The standard InChI is InChI=1S/C13H16N2O2/c1-3-4-9-14-13(17)15-12-7-5-11(6-8-12)10(2)16/h4-9H,3H2,1-2H3,(H2,14,15,17)/b9-4+. The number of Topliss-reactive ketones (excluding diaryl/α,β-unsaturated/α-hetero) is 1. The van der Waals surface area contributed by atoms with Gasteiger partial charge in [0.25, 0.3) is 0 Å². The van der Waals surface area contributed by atoms with Gasteiger partial charge in [0, 0.05) is 17.5 Å². The van der Waals surface area contributed by atoms with Crippen molar-refractivity contribution in [2.75, 3.05) is 5.32 Å². The Hall–Kier alpha value is -2.10. The van der Waals surface area contributed by atoms with E-state index in [-0.39, 0.29) is 11.8 Å². The molecular weight excluding hydrogens is 216 g/mol. The third-order valence-electron chi connectivity index (χ3n) is 2.12. The number of hydrogen-bond acceptors (Lipinski definition) is 2. The number of anilines is 1. The van der Waals surface area contributed by atoms with Crippen LogP contribution in [0.2, 0.25) is 0 Å². The summed E-state index contributed by atoms with van der Waals surface area (Å²) in [5, 5.41) is 5.23. The lowest BCUT2D eigenvalue weighted by Gasteiger charge is -2.04. The highest BCUT2D eigenvalue weighted by atomic mass is 16.2. The molecule has 1 aromatic carbocycles. The SMILES string of the molecule is CC/C=C/NC(=O)Nc1ccc(C(C)=O)cc1. The molecule has 2 amide bonds. The van der Waals surface area contributed by atoms with E-state index in [1.165, 1.54) is 6.92 Å². The van der Waals surface area contributed by atoms with Crippen molar-refractivity contribution >= 4 is 17.5 Å². The van der Waals surface area contributed by atoms with E-state index in [0.717, 1.165) is 6.42 Å². The van der Waals surface area contributed by atoms with Gasteiger partial charge in [0.05, 0.1) is 0 Å². The molecule has 90 valence electrons. The number of hydrogen-bond donors (Lipinski definition) is 2. The maximum atomic E-state index is 11.4. The molecule has 4 nitrogen and oxygen atoms in total. The molecule has 0 bridgehead atoms. The van der Waals surface area contributed by atoms with Crippen molar-refractivity contribution in [3.05, 3.63) is 42.1 Å². The first-order valence-corrected chi connectivity index (χ1v) is 5.47. The third-order valence-corrected chi connectivity index (χ3v) is 2.12. The Morgan fingerprint density at radius 2 is 1.88 bits per heavy atom. The molecule has 0 aromatic heterocycles. The molecule has 0 saturated heterocycles. The van der Waals surface area contributed by atoms with Gasteiger partial charge in [-0.25, -0.2) is 4.79 Å². The zero-order valence-electron chi connectivity index (χ0n) is 9.99. The second kappa shape index (κ2) is 6.48. The van der Waals surface area contributed by atoms with E-state index in [9.17, 15) is 9.59 Å². The fourth-order valence-electron chi connectivity index (χ4n) is 1.21. The first-order valence-electron chi connectivity index (χ1n) is 5.47. The minimum absolute atomic E-state index is 0.00637. The largest absolute Gasteiger partial charge is 0.323 e. The molecule has 0 aliphatic carbocycles. The lowest BCUT2D eigenvalue weighted by Crippen LogP contribution is -2.23. The molecule has 0 fully saturated rings. The van der Waals surface area contributed by atoms with Crippen LogP contribution in [0.15, 0.2) is 36.5 Å². The van der Waals surface area contributed by atoms with Gasteiger partial charge in [0.1, 0.15) is 0 Å².